The Hall–Kier alpha value is -4.00. The molecule has 1 aliphatic rings. The van der Waals surface area contributed by atoms with Crippen molar-refractivity contribution in [3.8, 4) is 5.69 Å². The third-order valence-corrected chi connectivity index (χ3v) is 6.85. The number of hydrogen-bond acceptors (Lipinski definition) is 3. The van der Waals surface area contributed by atoms with Crippen LogP contribution in [0.1, 0.15) is 58.6 Å². The molecule has 0 aliphatic heterocycles. The highest BCUT2D eigenvalue weighted by molar-refractivity contribution is 6.06. The van der Waals surface area contributed by atoms with Crippen LogP contribution >= 0.6 is 0 Å². The zero-order valence-corrected chi connectivity index (χ0v) is 20.3. The van der Waals surface area contributed by atoms with Gasteiger partial charge in [0.05, 0.1) is 11.0 Å². The van der Waals surface area contributed by atoms with E-state index in [4.69, 9.17) is 0 Å². The van der Waals surface area contributed by atoms with Gasteiger partial charge in [-0.05, 0) is 92.4 Å². The Morgan fingerprint density at radius 2 is 1.61 bits per heavy atom. The van der Waals surface area contributed by atoms with E-state index in [2.05, 4.69) is 15.6 Å². The number of amides is 2. The predicted molar refractivity (Wildman–Crippen MR) is 139 cm³/mol. The lowest BCUT2D eigenvalue weighted by Crippen LogP contribution is -2.30. The summed E-state index contributed by atoms with van der Waals surface area (Å²) in [5, 5.41) is 5.94. The maximum absolute atomic E-state index is 13.4. The summed E-state index contributed by atoms with van der Waals surface area (Å²) in [7, 11) is 0. The van der Waals surface area contributed by atoms with Crippen molar-refractivity contribution >= 4 is 28.5 Å². The Labute approximate surface area is 209 Å². The summed E-state index contributed by atoms with van der Waals surface area (Å²) in [6.45, 7) is 2.59. The van der Waals surface area contributed by atoms with Crippen LogP contribution in [-0.2, 0) is 0 Å². The third kappa shape index (κ3) is 5.15. The molecule has 7 heteroatoms. The van der Waals surface area contributed by atoms with Crippen LogP contribution in [0.3, 0.4) is 0 Å². The summed E-state index contributed by atoms with van der Waals surface area (Å²) in [5.41, 5.74) is 3.93. The van der Waals surface area contributed by atoms with E-state index in [1.54, 1.807) is 54.6 Å². The molecule has 1 aliphatic carbocycles. The van der Waals surface area contributed by atoms with Gasteiger partial charge in [0.15, 0.2) is 0 Å². The molecule has 1 heterocycles. The largest absolute Gasteiger partial charge is 0.352 e. The number of imidazole rings is 1. The molecule has 0 saturated heterocycles. The van der Waals surface area contributed by atoms with Gasteiger partial charge in [0, 0.05) is 29.0 Å². The van der Waals surface area contributed by atoms with Gasteiger partial charge in [-0.3, -0.25) is 14.2 Å². The van der Waals surface area contributed by atoms with Crippen molar-refractivity contribution in [1.29, 1.82) is 0 Å². The SMILES string of the molecule is Cc1nc2ccc(C(=O)Nc3ccc(C(=O)NCC4CCCCC4)cc3)cc2n1-c1ccc(F)cc1. The number of aromatic nitrogens is 2. The topological polar surface area (TPSA) is 76.0 Å². The molecule has 1 aromatic heterocycles. The predicted octanol–water partition coefficient (Wildman–Crippen LogP) is 6.04. The first-order valence-corrected chi connectivity index (χ1v) is 12.4. The van der Waals surface area contributed by atoms with E-state index in [0.29, 0.717) is 29.3 Å². The maximum atomic E-state index is 13.4. The zero-order chi connectivity index (χ0) is 25.1. The number of hydrogen-bond donors (Lipinski definition) is 2. The van der Waals surface area contributed by atoms with E-state index < -0.39 is 0 Å². The number of benzene rings is 3. The maximum Gasteiger partial charge on any atom is 0.255 e. The normalized spacial score (nSPS) is 14.1. The minimum Gasteiger partial charge on any atom is -0.352 e. The average molecular weight is 485 g/mol. The monoisotopic (exact) mass is 484 g/mol. The lowest BCUT2D eigenvalue weighted by atomic mass is 9.89. The molecule has 0 radical (unpaired) electrons. The van der Waals surface area contributed by atoms with Gasteiger partial charge < -0.3 is 10.6 Å². The Morgan fingerprint density at radius 3 is 2.33 bits per heavy atom. The summed E-state index contributed by atoms with van der Waals surface area (Å²) in [5.74, 6) is 0.645. The van der Waals surface area contributed by atoms with Crippen molar-refractivity contribution in [2.45, 2.75) is 39.0 Å². The van der Waals surface area contributed by atoms with Crippen LogP contribution in [0.4, 0.5) is 10.1 Å². The first-order chi connectivity index (χ1) is 17.5. The van der Waals surface area contributed by atoms with Crippen LogP contribution in [-0.4, -0.2) is 27.9 Å². The van der Waals surface area contributed by atoms with Crippen molar-refractivity contribution < 1.29 is 14.0 Å². The first-order valence-electron chi connectivity index (χ1n) is 12.4. The first kappa shape index (κ1) is 23.7. The zero-order valence-electron chi connectivity index (χ0n) is 20.3. The summed E-state index contributed by atoms with van der Waals surface area (Å²) in [4.78, 5) is 30.1. The van der Waals surface area contributed by atoms with E-state index in [9.17, 15) is 14.0 Å². The molecule has 36 heavy (non-hydrogen) atoms. The minimum atomic E-state index is -0.311. The number of carbonyl (C=O) groups is 2. The molecule has 2 amide bonds. The Bertz CT molecular complexity index is 1390. The number of fused-ring (bicyclic) bond motifs is 1. The van der Waals surface area contributed by atoms with Gasteiger partial charge in [0.1, 0.15) is 11.6 Å². The quantitative estimate of drug-likeness (QED) is 0.351. The second kappa shape index (κ2) is 10.3. The van der Waals surface area contributed by atoms with Gasteiger partial charge in [-0.2, -0.15) is 0 Å². The summed E-state index contributed by atoms with van der Waals surface area (Å²) in [6, 6.07) is 18.4. The molecule has 1 saturated carbocycles. The number of halogens is 1. The van der Waals surface area contributed by atoms with Crippen LogP contribution in [0, 0.1) is 18.7 Å². The molecule has 0 bridgehead atoms. The molecule has 5 rings (SSSR count). The second-order valence-electron chi connectivity index (χ2n) is 9.42. The highest BCUT2D eigenvalue weighted by Crippen LogP contribution is 2.24. The van der Waals surface area contributed by atoms with E-state index >= 15 is 0 Å². The fourth-order valence-electron chi connectivity index (χ4n) is 4.89. The fourth-order valence-corrected chi connectivity index (χ4v) is 4.89. The molecular weight excluding hydrogens is 455 g/mol. The van der Waals surface area contributed by atoms with E-state index in [-0.39, 0.29) is 17.6 Å². The summed E-state index contributed by atoms with van der Waals surface area (Å²) in [6.07, 6.45) is 6.15. The third-order valence-electron chi connectivity index (χ3n) is 6.85. The summed E-state index contributed by atoms with van der Waals surface area (Å²) >= 11 is 0. The van der Waals surface area contributed by atoms with Crippen molar-refractivity contribution in [2.75, 3.05) is 11.9 Å². The standard InChI is InChI=1S/C29H29FN4O2/c1-19-32-26-16-9-22(17-27(26)34(19)25-14-10-23(30)11-15-25)29(36)33-24-12-7-21(8-13-24)28(35)31-18-20-5-3-2-4-6-20/h7-17,20H,2-6,18H2,1H3,(H,31,35)(H,33,36). The van der Waals surface area contributed by atoms with Gasteiger partial charge in [0.25, 0.3) is 11.8 Å². The lowest BCUT2D eigenvalue weighted by Gasteiger charge is -2.21. The average Bonchev–Trinajstić information content (AvgIpc) is 3.23. The number of carbonyl (C=O) groups excluding carboxylic acids is 2. The molecule has 1 fully saturated rings. The Morgan fingerprint density at radius 1 is 0.917 bits per heavy atom. The van der Waals surface area contributed by atoms with Crippen LogP contribution < -0.4 is 10.6 Å². The molecule has 0 atom stereocenters. The molecule has 4 aromatic rings. The highest BCUT2D eigenvalue weighted by Gasteiger charge is 2.16. The summed E-state index contributed by atoms with van der Waals surface area (Å²) < 4.78 is 15.3. The molecule has 3 aromatic carbocycles. The Kier molecular flexibility index (Phi) is 6.80. The van der Waals surface area contributed by atoms with E-state index in [0.717, 1.165) is 22.5 Å². The van der Waals surface area contributed by atoms with Gasteiger partial charge in [0.2, 0.25) is 0 Å². The van der Waals surface area contributed by atoms with Crippen molar-refractivity contribution in [3.05, 3.63) is 89.5 Å². The molecule has 0 unspecified atom stereocenters. The minimum absolute atomic E-state index is 0.0895. The van der Waals surface area contributed by atoms with Crippen LogP contribution in [0.15, 0.2) is 66.7 Å². The molecule has 184 valence electrons. The Balaban J connectivity index is 1.27. The van der Waals surface area contributed by atoms with Gasteiger partial charge >= 0.3 is 0 Å². The van der Waals surface area contributed by atoms with Crippen LogP contribution in [0.5, 0.6) is 0 Å². The smallest absolute Gasteiger partial charge is 0.255 e. The number of rotatable bonds is 6. The van der Waals surface area contributed by atoms with Gasteiger partial charge in [-0.1, -0.05) is 19.3 Å². The molecule has 2 N–H and O–H groups in total. The van der Waals surface area contributed by atoms with Crippen molar-refractivity contribution in [2.24, 2.45) is 5.92 Å². The van der Waals surface area contributed by atoms with Crippen LogP contribution in [0.25, 0.3) is 16.7 Å². The van der Waals surface area contributed by atoms with E-state index in [1.165, 1.54) is 44.2 Å². The lowest BCUT2D eigenvalue weighted by molar-refractivity contribution is 0.0943. The second-order valence-corrected chi connectivity index (χ2v) is 9.42. The number of nitrogens with zero attached hydrogens (tertiary/aromatic N) is 2. The van der Waals surface area contributed by atoms with Crippen LogP contribution in [0.2, 0.25) is 0 Å². The number of anilines is 1. The fraction of sp³-hybridized carbons (Fsp3) is 0.276. The molecular formula is C29H29FN4O2. The van der Waals surface area contributed by atoms with Gasteiger partial charge in [-0.15, -0.1) is 0 Å². The number of aryl methyl sites for hydroxylation is 1. The highest BCUT2D eigenvalue weighted by atomic mass is 19.1. The van der Waals surface area contributed by atoms with Gasteiger partial charge in [-0.25, -0.2) is 9.37 Å². The molecule has 6 nitrogen and oxygen atoms in total. The number of nitrogens with one attached hydrogen (secondary N) is 2. The van der Waals surface area contributed by atoms with Crippen molar-refractivity contribution in [3.63, 3.8) is 0 Å². The van der Waals surface area contributed by atoms with Crippen molar-refractivity contribution in [1.82, 2.24) is 14.9 Å². The molecule has 0 spiro atoms. The van der Waals surface area contributed by atoms with E-state index in [1.807, 2.05) is 11.5 Å².